The summed E-state index contributed by atoms with van der Waals surface area (Å²) in [6, 6.07) is 20.6. The van der Waals surface area contributed by atoms with Gasteiger partial charge in [0.25, 0.3) is 0 Å². The van der Waals surface area contributed by atoms with Gasteiger partial charge in [0.15, 0.2) is 5.82 Å². The van der Waals surface area contributed by atoms with Crippen molar-refractivity contribution in [3.8, 4) is 22.5 Å². The maximum Gasteiger partial charge on any atom is 0.439 e. The summed E-state index contributed by atoms with van der Waals surface area (Å²) in [7, 11) is 0. The van der Waals surface area contributed by atoms with Gasteiger partial charge < -0.3 is 10.1 Å². The zero-order valence-electron chi connectivity index (χ0n) is 16.1. The summed E-state index contributed by atoms with van der Waals surface area (Å²) in [5.41, 5.74) is 4.98. The van der Waals surface area contributed by atoms with Gasteiger partial charge in [0.2, 0.25) is 0 Å². The van der Waals surface area contributed by atoms with Crippen molar-refractivity contribution in [2.24, 2.45) is 0 Å². The van der Waals surface area contributed by atoms with E-state index in [2.05, 4.69) is 24.6 Å². The van der Waals surface area contributed by atoms with Crippen molar-refractivity contribution in [2.45, 2.75) is 6.42 Å². The van der Waals surface area contributed by atoms with Gasteiger partial charge in [-0.25, -0.2) is 14.6 Å². The number of carboxylic acids is 1. The number of aromatic nitrogens is 4. The first-order valence-electron chi connectivity index (χ1n) is 9.54. The molecule has 8 nitrogen and oxygen atoms in total. The van der Waals surface area contributed by atoms with Gasteiger partial charge in [-0.1, -0.05) is 59.8 Å². The third kappa shape index (κ3) is 3.51. The van der Waals surface area contributed by atoms with Gasteiger partial charge in [0.05, 0.1) is 11.1 Å². The van der Waals surface area contributed by atoms with Crippen LogP contribution in [0.15, 0.2) is 76.0 Å². The standard InChI is InChI=1S/C23H16N4O4/c28-22(29)17-6-3-7-18-20(17)25-19(24-18)12-13-8-10-14(11-9-13)15-4-1-2-5-16(15)21-26-23(30)31-27-21/h1-11H,12H2,(H,24,25)(H,28,29)(H,26,27,30). The Labute approximate surface area is 175 Å². The summed E-state index contributed by atoms with van der Waals surface area (Å²) in [6.07, 6.45) is 0.534. The molecule has 5 rings (SSSR count). The van der Waals surface area contributed by atoms with Gasteiger partial charge in [-0.3, -0.25) is 9.51 Å². The highest BCUT2D eigenvalue weighted by Crippen LogP contribution is 2.30. The van der Waals surface area contributed by atoms with E-state index in [9.17, 15) is 14.7 Å². The zero-order valence-corrected chi connectivity index (χ0v) is 16.1. The maximum atomic E-state index is 11.4. The number of aromatic amines is 2. The van der Waals surface area contributed by atoms with Crippen LogP contribution in [0.1, 0.15) is 21.7 Å². The lowest BCUT2D eigenvalue weighted by Gasteiger charge is -2.08. The molecule has 8 heteroatoms. The van der Waals surface area contributed by atoms with Crippen molar-refractivity contribution >= 4 is 17.0 Å². The first-order chi connectivity index (χ1) is 15.1. The fourth-order valence-electron chi connectivity index (χ4n) is 3.62. The quantitative estimate of drug-likeness (QED) is 0.403. The number of hydrogen-bond acceptors (Lipinski definition) is 5. The highest BCUT2D eigenvalue weighted by molar-refractivity contribution is 6.00. The summed E-state index contributed by atoms with van der Waals surface area (Å²) in [4.78, 5) is 33.0. The Balaban J connectivity index is 1.44. The normalized spacial score (nSPS) is 11.1. The molecule has 0 bridgehead atoms. The molecule has 0 spiro atoms. The molecule has 0 atom stereocenters. The van der Waals surface area contributed by atoms with Crippen LogP contribution in [0.25, 0.3) is 33.5 Å². The van der Waals surface area contributed by atoms with Gasteiger partial charge in [0, 0.05) is 12.0 Å². The Hall–Kier alpha value is -4.46. The fourth-order valence-corrected chi connectivity index (χ4v) is 3.62. The summed E-state index contributed by atoms with van der Waals surface area (Å²) >= 11 is 0. The Morgan fingerprint density at radius 3 is 2.42 bits per heavy atom. The van der Waals surface area contributed by atoms with E-state index in [0.29, 0.717) is 29.1 Å². The molecule has 0 radical (unpaired) electrons. The monoisotopic (exact) mass is 412 g/mol. The van der Waals surface area contributed by atoms with Crippen molar-refractivity contribution in [1.29, 1.82) is 0 Å². The molecular formula is C23H16N4O4. The van der Waals surface area contributed by atoms with E-state index in [0.717, 1.165) is 22.3 Å². The predicted octanol–water partition coefficient (Wildman–Crippen LogP) is 3.86. The van der Waals surface area contributed by atoms with E-state index in [1.807, 2.05) is 54.6 Å². The highest BCUT2D eigenvalue weighted by Gasteiger charge is 2.14. The molecule has 2 aromatic heterocycles. The zero-order chi connectivity index (χ0) is 21.4. The van der Waals surface area contributed by atoms with Crippen molar-refractivity contribution in [2.75, 3.05) is 0 Å². The molecule has 3 N–H and O–H groups in total. The molecule has 31 heavy (non-hydrogen) atoms. The van der Waals surface area contributed by atoms with Crippen LogP contribution in [-0.2, 0) is 6.42 Å². The number of benzene rings is 3. The fraction of sp³-hybridized carbons (Fsp3) is 0.0435. The second-order valence-corrected chi connectivity index (χ2v) is 7.05. The lowest BCUT2D eigenvalue weighted by Crippen LogP contribution is -1.97. The van der Waals surface area contributed by atoms with Crippen molar-refractivity contribution < 1.29 is 14.4 Å². The molecule has 3 aromatic carbocycles. The number of para-hydroxylation sites is 1. The van der Waals surface area contributed by atoms with Crippen molar-refractivity contribution in [1.82, 2.24) is 20.1 Å². The molecule has 0 aliphatic heterocycles. The number of carbonyl (C=O) groups is 1. The first kappa shape index (κ1) is 18.6. The van der Waals surface area contributed by atoms with Gasteiger partial charge in [0.1, 0.15) is 11.3 Å². The summed E-state index contributed by atoms with van der Waals surface area (Å²) in [5, 5.41) is 13.1. The molecule has 0 aliphatic rings. The molecule has 0 unspecified atom stereocenters. The number of nitrogens with one attached hydrogen (secondary N) is 2. The van der Waals surface area contributed by atoms with Gasteiger partial charge in [-0.15, -0.1) is 0 Å². The average molecular weight is 412 g/mol. The number of rotatable bonds is 5. The van der Waals surface area contributed by atoms with Crippen LogP contribution in [0.2, 0.25) is 0 Å². The van der Waals surface area contributed by atoms with Gasteiger partial charge >= 0.3 is 11.7 Å². The lowest BCUT2D eigenvalue weighted by atomic mass is 9.98. The van der Waals surface area contributed by atoms with Crippen LogP contribution in [0, 0.1) is 0 Å². The van der Waals surface area contributed by atoms with Crippen molar-refractivity contribution in [3.63, 3.8) is 0 Å². The van der Waals surface area contributed by atoms with E-state index in [1.165, 1.54) is 0 Å². The molecule has 0 saturated heterocycles. The third-order valence-corrected chi connectivity index (χ3v) is 5.05. The molecule has 0 amide bonds. The highest BCUT2D eigenvalue weighted by atomic mass is 16.5. The largest absolute Gasteiger partial charge is 0.478 e. The number of nitrogens with zero attached hydrogens (tertiary/aromatic N) is 2. The Bertz CT molecular complexity index is 1460. The molecule has 0 saturated carbocycles. The van der Waals surface area contributed by atoms with Gasteiger partial charge in [-0.05, 0) is 28.8 Å². The average Bonchev–Trinajstić information content (AvgIpc) is 3.39. The first-order valence-corrected chi connectivity index (χ1v) is 9.54. The number of imidazole rings is 1. The van der Waals surface area contributed by atoms with Crippen LogP contribution in [0.4, 0.5) is 0 Å². The second kappa shape index (κ2) is 7.42. The smallest absolute Gasteiger partial charge is 0.439 e. The van der Waals surface area contributed by atoms with Crippen LogP contribution < -0.4 is 5.76 Å². The minimum Gasteiger partial charge on any atom is -0.478 e. The minimum atomic E-state index is -1.000. The molecule has 0 aliphatic carbocycles. The number of aromatic carboxylic acids is 1. The number of fused-ring (bicyclic) bond motifs is 1. The molecule has 0 fully saturated rings. The third-order valence-electron chi connectivity index (χ3n) is 5.05. The number of H-pyrrole nitrogens is 2. The number of hydrogen-bond donors (Lipinski definition) is 3. The summed E-state index contributed by atoms with van der Waals surface area (Å²) in [5.74, 6) is -0.532. The van der Waals surface area contributed by atoms with Crippen LogP contribution in [0.5, 0.6) is 0 Å². The van der Waals surface area contributed by atoms with E-state index in [-0.39, 0.29) is 5.56 Å². The van der Waals surface area contributed by atoms with Crippen LogP contribution in [-0.4, -0.2) is 31.2 Å². The van der Waals surface area contributed by atoms with E-state index in [4.69, 9.17) is 0 Å². The predicted molar refractivity (Wildman–Crippen MR) is 114 cm³/mol. The van der Waals surface area contributed by atoms with Crippen LogP contribution >= 0.6 is 0 Å². The Morgan fingerprint density at radius 1 is 0.935 bits per heavy atom. The van der Waals surface area contributed by atoms with E-state index in [1.54, 1.807) is 12.1 Å². The summed E-state index contributed by atoms with van der Waals surface area (Å²) < 4.78 is 4.64. The molecular weight excluding hydrogens is 396 g/mol. The summed E-state index contributed by atoms with van der Waals surface area (Å²) in [6.45, 7) is 0. The number of carboxylic acid groups (broad SMARTS) is 1. The topological polar surface area (TPSA) is 125 Å². The molecule has 2 heterocycles. The Kier molecular flexibility index (Phi) is 4.44. The van der Waals surface area contributed by atoms with E-state index < -0.39 is 11.7 Å². The lowest BCUT2D eigenvalue weighted by molar-refractivity contribution is 0.0699. The maximum absolute atomic E-state index is 11.4. The second-order valence-electron chi connectivity index (χ2n) is 7.05. The van der Waals surface area contributed by atoms with Crippen LogP contribution in [0.3, 0.4) is 0 Å². The van der Waals surface area contributed by atoms with E-state index >= 15 is 0 Å². The minimum absolute atomic E-state index is 0.179. The SMILES string of the molecule is O=C(O)c1cccc2[nH]c(Cc3ccc(-c4ccccc4-c4noc(=O)[nH]4)cc3)nc12. The van der Waals surface area contributed by atoms with Gasteiger partial charge in [-0.2, -0.15) is 0 Å². The molecule has 152 valence electrons. The van der Waals surface area contributed by atoms with Crippen molar-refractivity contribution in [3.05, 3.63) is 94.2 Å². The Morgan fingerprint density at radius 2 is 1.71 bits per heavy atom. The molecule has 5 aromatic rings.